The predicted molar refractivity (Wildman–Crippen MR) is 183 cm³/mol. The Balaban J connectivity index is 1.21. The fraction of sp³-hybridized carbons (Fsp3) is 0.447. The van der Waals surface area contributed by atoms with Crippen molar-refractivity contribution >= 4 is 29.1 Å². The van der Waals surface area contributed by atoms with Crippen LogP contribution in [0.3, 0.4) is 0 Å². The molecule has 2 bridgehead atoms. The van der Waals surface area contributed by atoms with Gasteiger partial charge in [0.1, 0.15) is 6.04 Å². The molecule has 2 unspecified atom stereocenters. The molecular weight excluding hydrogens is 576 g/mol. The molecule has 2 fully saturated rings. The molecule has 3 aromatic carbocycles. The highest BCUT2D eigenvalue weighted by Gasteiger charge is 2.39. The molecule has 1 aliphatic heterocycles. The Kier molecular flexibility index (Phi) is 9.57. The monoisotopic (exact) mass is 622 g/mol. The average Bonchev–Trinajstić information content (AvgIpc) is 3.56. The molecule has 242 valence electrons. The van der Waals surface area contributed by atoms with Crippen molar-refractivity contribution in [3.05, 3.63) is 71.8 Å². The van der Waals surface area contributed by atoms with Gasteiger partial charge in [0.25, 0.3) is 0 Å². The number of likely N-dealkylation sites (tertiary alicyclic amines) is 1. The molecule has 3 aliphatic carbocycles. The van der Waals surface area contributed by atoms with Gasteiger partial charge in [0.2, 0.25) is 17.7 Å². The Morgan fingerprint density at radius 1 is 0.783 bits per heavy atom. The van der Waals surface area contributed by atoms with E-state index in [1.807, 2.05) is 38.1 Å². The van der Waals surface area contributed by atoms with Crippen LogP contribution in [0.25, 0.3) is 22.3 Å². The number of nitrogens with zero attached hydrogens (tertiary/aromatic N) is 1. The van der Waals surface area contributed by atoms with E-state index in [4.69, 9.17) is 4.74 Å². The van der Waals surface area contributed by atoms with Gasteiger partial charge in [-0.25, -0.2) is 0 Å². The number of amides is 3. The molecule has 0 aromatic heterocycles. The number of carbonyl (C=O) groups is 3. The standard InChI is InChI=1S/C38H46N4O4/c1-23(2)36(39-22-46-4)38(45)42-21-5-6-33(42)37(44)41-30-17-13-26(14-18-30)32-20-19-31(25-11-15-29(16-12-25)40-24(3)43)34-27-7-9-28(10-8-27)35(32)34/h11-20,23,27-28,33,36,39H,5-10,21-22H2,1-4H3,(H,40,43)(H,41,44). The normalized spacial score (nSPS) is 20.8. The predicted octanol–water partition coefficient (Wildman–Crippen LogP) is 6.88. The molecule has 1 saturated heterocycles. The number of benzene rings is 3. The summed E-state index contributed by atoms with van der Waals surface area (Å²) in [5.41, 5.74) is 9.39. The molecule has 3 amide bonds. The minimum absolute atomic E-state index is 0.0498. The highest BCUT2D eigenvalue weighted by molar-refractivity contribution is 5.98. The van der Waals surface area contributed by atoms with E-state index in [0.717, 1.165) is 23.4 Å². The Bertz CT molecular complexity index is 1580. The van der Waals surface area contributed by atoms with Gasteiger partial charge in [-0.15, -0.1) is 0 Å². The third kappa shape index (κ3) is 6.46. The summed E-state index contributed by atoms with van der Waals surface area (Å²) in [6.45, 7) is 6.39. The minimum Gasteiger partial charge on any atom is -0.370 e. The van der Waals surface area contributed by atoms with Crippen LogP contribution in [0.2, 0.25) is 0 Å². The van der Waals surface area contributed by atoms with Crippen LogP contribution >= 0.6 is 0 Å². The lowest BCUT2D eigenvalue weighted by Gasteiger charge is -2.41. The number of fused-ring (bicyclic) bond motifs is 2. The van der Waals surface area contributed by atoms with Crippen LogP contribution in [-0.4, -0.2) is 55.1 Å². The second kappa shape index (κ2) is 13.8. The van der Waals surface area contributed by atoms with Gasteiger partial charge in [-0.3, -0.25) is 19.7 Å². The largest absolute Gasteiger partial charge is 0.370 e. The van der Waals surface area contributed by atoms with Crippen molar-refractivity contribution in [2.75, 3.05) is 31.0 Å². The van der Waals surface area contributed by atoms with Crippen molar-refractivity contribution < 1.29 is 19.1 Å². The fourth-order valence-corrected chi connectivity index (χ4v) is 7.85. The molecule has 3 N–H and O–H groups in total. The van der Waals surface area contributed by atoms with Crippen LogP contribution in [-0.2, 0) is 19.1 Å². The Labute approximate surface area is 272 Å². The van der Waals surface area contributed by atoms with Crippen LogP contribution in [0.15, 0.2) is 60.7 Å². The molecular formula is C38H46N4O4. The molecule has 3 aromatic rings. The SMILES string of the molecule is COCNC(C(=O)N1CCCC1C(=O)Nc1ccc(-c2ccc(-c3ccc(NC(C)=O)cc3)c3c2C2CCC3CC2)cc1)C(C)C. The van der Waals surface area contributed by atoms with E-state index in [9.17, 15) is 14.4 Å². The minimum atomic E-state index is -0.486. The van der Waals surface area contributed by atoms with Crippen molar-refractivity contribution in [3.63, 3.8) is 0 Å². The summed E-state index contributed by atoms with van der Waals surface area (Å²) in [5.74, 6) is 0.916. The quantitative estimate of drug-likeness (QED) is 0.214. The Morgan fingerprint density at radius 2 is 1.30 bits per heavy atom. The second-order valence-electron chi connectivity index (χ2n) is 13.4. The Morgan fingerprint density at radius 3 is 1.78 bits per heavy atom. The number of hydrogen-bond acceptors (Lipinski definition) is 5. The molecule has 4 aliphatic rings. The van der Waals surface area contributed by atoms with E-state index in [2.05, 4.69) is 52.3 Å². The second-order valence-corrected chi connectivity index (χ2v) is 13.4. The summed E-state index contributed by atoms with van der Waals surface area (Å²) in [4.78, 5) is 40.1. The first-order chi connectivity index (χ1) is 22.2. The molecule has 1 saturated carbocycles. The van der Waals surface area contributed by atoms with Crippen molar-refractivity contribution in [2.45, 2.75) is 83.2 Å². The molecule has 1 heterocycles. The van der Waals surface area contributed by atoms with E-state index in [1.165, 1.54) is 60.4 Å². The van der Waals surface area contributed by atoms with Crippen LogP contribution in [0.1, 0.15) is 82.3 Å². The van der Waals surface area contributed by atoms with Crippen molar-refractivity contribution in [1.82, 2.24) is 10.2 Å². The topological polar surface area (TPSA) is 99.8 Å². The number of ether oxygens (including phenoxy) is 1. The number of anilines is 2. The van der Waals surface area contributed by atoms with Crippen LogP contribution in [0.5, 0.6) is 0 Å². The zero-order chi connectivity index (χ0) is 32.4. The first-order valence-electron chi connectivity index (χ1n) is 16.7. The maximum absolute atomic E-state index is 13.4. The number of carbonyl (C=O) groups excluding carboxylic acids is 3. The zero-order valence-electron chi connectivity index (χ0n) is 27.4. The van der Waals surface area contributed by atoms with Gasteiger partial charge >= 0.3 is 0 Å². The van der Waals surface area contributed by atoms with Gasteiger partial charge in [-0.05, 0) is 114 Å². The first-order valence-corrected chi connectivity index (χ1v) is 16.7. The fourth-order valence-electron chi connectivity index (χ4n) is 7.85. The Hall–Kier alpha value is -4.01. The number of nitrogens with one attached hydrogen (secondary N) is 3. The maximum Gasteiger partial charge on any atom is 0.247 e. The summed E-state index contributed by atoms with van der Waals surface area (Å²) < 4.78 is 5.14. The number of methoxy groups -OCH3 is 1. The van der Waals surface area contributed by atoms with E-state index in [1.54, 1.807) is 12.0 Å². The summed E-state index contributed by atoms with van der Waals surface area (Å²) in [6.07, 6.45) is 6.36. The highest BCUT2D eigenvalue weighted by Crippen LogP contribution is 2.55. The number of rotatable bonds is 10. The van der Waals surface area contributed by atoms with Gasteiger partial charge in [0, 0.05) is 32.0 Å². The lowest BCUT2D eigenvalue weighted by Crippen LogP contribution is -2.53. The van der Waals surface area contributed by atoms with Crippen molar-refractivity contribution in [2.24, 2.45) is 5.92 Å². The van der Waals surface area contributed by atoms with Crippen LogP contribution in [0, 0.1) is 5.92 Å². The summed E-state index contributed by atoms with van der Waals surface area (Å²) in [6, 6.07) is 20.0. The average molecular weight is 623 g/mol. The van der Waals surface area contributed by atoms with Gasteiger partial charge in [-0.1, -0.05) is 50.2 Å². The number of hydrogen-bond donors (Lipinski definition) is 3. The molecule has 0 spiro atoms. The van der Waals surface area contributed by atoms with E-state index in [0.29, 0.717) is 24.8 Å². The third-order valence-corrected chi connectivity index (χ3v) is 10.0. The maximum atomic E-state index is 13.4. The third-order valence-electron chi connectivity index (χ3n) is 10.0. The van der Waals surface area contributed by atoms with E-state index in [-0.39, 0.29) is 30.4 Å². The smallest absolute Gasteiger partial charge is 0.247 e. The molecule has 0 radical (unpaired) electrons. The van der Waals surface area contributed by atoms with Gasteiger partial charge < -0.3 is 20.3 Å². The molecule has 2 atom stereocenters. The summed E-state index contributed by atoms with van der Waals surface area (Å²) in [5, 5.41) is 9.13. The lowest BCUT2D eigenvalue weighted by molar-refractivity contribution is -0.139. The highest BCUT2D eigenvalue weighted by atomic mass is 16.5. The molecule has 7 rings (SSSR count). The van der Waals surface area contributed by atoms with Crippen molar-refractivity contribution in [1.29, 1.82) is 0 Å². The first kappa shape index (κ1) is 32.0. The van der Waals surface area contributed by atoms with Crippen molar-refractivity contribution in [3.8, 4) is 22.3 Å². The van der Waals surface area contributed by atoms with E-state index < -0.39 is 12.1 Å². The molecule has 8 heteroatoms. The molecule has 8 nitrogen and oxygen atoms in total. The van der Waals surface area contributed by atoms with Crippen LogP contribution in [0.4, 0.5) is 11.4 Å². The zero-order valence-corrected chi connectivity index (χ0v) is 27.4. The van der Waals surface area contributed by atoms with Gasteiger partial charge in [-0.2, -0.15) is 0 Å². The lowest BCUT2D eigenvalue weighted by atomic mass is 9.63. The summed E-state index contributed by atoms with van der Waals surface area (Å²) >= 11 is 0. The molecule has 46 heavy (non-hydrogen) atoms. The van der Waals surface area contributed by atoms with Crippen LogP contribution < -0.4 is 16.0 Å². The summed E-state index contributed by atoms with van der Waals surface area (Å²) in [7, 11) is 1.59. The van der Waals surface area contributed by atoms with Gasteiger partial charge in [0.15, 0.2) is 0 Å². The van der Waals surface area contributed by atoms with E-state index >= 15 is 0 Å². The van der Waals surface area contributed by atoms with Gasteiger partial charge in [0.05, 0.1) is 12.8 Å².